The molecule has 5 heterocycles. The van der Waals surface area contributed by atoms with Crippen LogP contribution in [0.1, 0.15) is 29.0 Å². The van der Waals surface area contributed by atoms with Crippen molar-refractivity contribution in [1.29, 1.82) is 0 Å². The predicted octanol–water partition coefficient (Wildman–Crippen LogP) is 3.53. The molecule has 2 aromatic heterocycles. The van der Waals surface area contributed by atoms with Gasteiger partial charge in [-0.1, -0.05) is 36.4 Å². The summed E-state index contributed by atoms with van der Waals surface area (Å²) >= 11 is 0. The molecule has 2 fully saturated rings. The second-order valence-corrected chi connectivity index (χ2v) is 8.18. The lowest BCUT2D eigenvalue weighted by Crippen LogP contribution is -2.26. The van der Waals surface area contributed by atoms with E-state index in [0.29, 0.717) is 0 Å². The Morgan fingerprint density at radius 3 is 2.96 bits per heavy atom. The third-order valence-corrected chi connectivity index (χ3v) is 6.79. The fraction of sp³-hybridized carbons (Fsp3) is 0.261. The Morgan fingerprint density at radius 2 is 2.00 bits per heavy atom. The highest BCUT2D eigenvalue weighted by Gasteiger charge is 2.72. The van der Waals surface area contributed by atoms with E-state index in [0.717, 1.165) is 41.4 Å². The number of aryl methyl sites for hydroxylation is 2. The van der Waals surface area contributed by atoms with E-state index in [1.807, 2.05) is 24.4 Å². The van der Waals surface area contributed by atoms with Gasteiger partial charge in [0.25, 0.3) is 0 Å². The lowest BCUT2D eigenvalue weighted by molar-refractivity contribution is -0.123. The Bertz CT molecular complexity index is 1300. The number of rotatable bonds is 2. The van der Waals surface area contributed by atoms with Gasteiger partial charge < -0.3 is 19.6 Å². The molecule has 0 radical (unpaired) electrons. The smallest absolute Gasteiger partial charge is 0.233 e. The minimum Gasteiger partial charge on any atom is -0.361 e. The van der Waals surface area contributed by atoms with Crippen LogP contribution < -0.4 is 5.32 Å². The van der Waals surface area contributed by atoms with Gasteiger partial charge in [-0.25, -0.2) is 0 Å². The number of epoxide rings is 1. The third-order valence-electron chi connectivity index (χ3n) is 6.79. The number of H-pyrrole nitrogens is 1. The van der Waals surface area contributed by atoms with Crippen LogP contribution in [-0.2, 0) is 28.1 Å². The van der Waals surface area contributed by atoms with E-state index in [1.54, 1.807) is 0 Å². The normalized spacial score (nSPS) is 27.9. The lowest BCUT2D eigenvalue weighted by atomic mass is 9.82. The number of benzene rings is 2. The summed E-state index contributed by atoms with van der Waals surface area (Å²) < 4.78 is 8.60. The number of hydrogen-bond acceptors (Lipinski definition) is 2. The standard InChI is InChI=1S/C23H19N3O2/c27-21-19(16-11-24-18-9-2-1-7-14(16)18)23(22(25-21)28-23)17-12-26-10-4-6-13-5-3-8-15(17)20(13)26/h1-3,5,7-9,11-12,19,22,24H,4,6,10H2,(H,25,27). The zero-order valence-electron chi connectivity index (χ0n) is 15.2. The Morgan fingerprint density at radius 1 is 1.11 bits per heavy atom. The second kappa shape index (κ2) is 4.86. The van der Waals surface area contributed by atoms with Crippen molar-refractivity contribution in [1.82, 2.24) is 14.9 Å². The molecule has 4 aromatic rings. The average molecular weight is 369 g/mol. The summed E-state index contributed by atoms with van der Waals surface area (Å²) in [7, 11) is 0. The zero-order valence-corrected chi connectivity index (χ0v) is 15.2. The maximum Gasteiger partial charge on any atom is 0.233 e. The minimum atomic E-state index is -0.617. The Balaban J connectivity index is 1.48. The number of hydrogen-bond donors (Lipinski definition) is 2. The molecule has 5 heteroatoms. The van der Waals surface area contributed by atoms with Crippen molar-refractivity contribution in [3.8, 4) is 0 Å². The van der Waals surface area contributed by atoms with Gasteiger partial charge in [0.1, 0.15) is 5.92 Å². The molecule has 28 heavy (non-hydrogen) atoms. The number of fused-ring (bicyclic) bond motifs is 2. The average Bonchev–Trinajstić information content (AvgIpc) is 3.02. The number of aromatic nitrogens is 2. The number of carbonyl (C=O) groups excluding carboxylic acids is 1. The first kappa shape index (κ1) is 14.9. The summed E-state index contributed by atoms with van der Waals surface area (Å²) in [5, 5.41) is 5.38. The predicted molar refractivity (Wildman–Crippen MR) is 106 cm³/mol. The summed E-state index contributed by atoms with van der Waals surface area (Å²) in [5.74, 6) is -0.301. The van der Waals surface area contributed by atoms with E-state index < -0.39 is 5.60 Å². The van der Waals surface area contributed by atoms with Crippen molar-refractivity contribution in [3.05, 3.63) is 71.5 Å². The number of nitrogens with zero attached hydrogens (tertiary/aromatic N) is 1. The van der Waals surface area contributed by atoms with Gasteiger partial charge >= 0.3 is 0 Å². The van der Waals surface area contributed by atoms with Crippen LogP contribution in [0.3, 0.4) is 0 Å². The molecule has 3 aliphatic rings. The number of carbonyl (C=O) groups is 1. The van der Waals surface area contributed by atoms with E-state index in [1.165, 1.54) is 16.5 Å². The third kappa shape index (κ3) is 1.65. The van der Waals surface area contributed by atoms with Gasteiger partial charge in [0, 0.05) is 40.8 Å². The van der Waals surface area contributed by atoms with Gasteiger partial charge in [-0.2, -0.15) is 0 Å². The highest BCUT2D eigenvalue weighted by molar-refractivity contribution is 5.98. The maximum absolute atomic E-state index is 13.0. The summed E-state index contributed by atoms with van der Waals surface area (Å²) in [5.41, 5.74) is 5.29. The van der Waals surface area contributed by atoms with Crippen LogP contribution in [0, 0.1) is 0 Å². The van der Waals surface area contributed by atoms with Crippen molar-refractivity contribution in [2.75, 3.05) is 0 Å². The highest BCUT2D eigenvalue weighted by Crippen LogP contribution is 2.61. The van der Waals surface area contributed by atoms with Crippen LogP contribution >= 0.6 is 0 Å². The van der Waals surface area contributed by atoms with Gasteiger partial charge in [-0.15, -0.1) is 0 Å². The molecule has 0 bridgehead atoms. The van der Waals surface area contributed by atoms with Crippen LogP contribution in [0.5, 0.6) is 0 Å². The molecule has 3 unspecified atom stereocenters. The summed E-state index contributed by atoms with van der Waals surface area (Å²) in [6.07, 6.45) is 6.22. The molecule has 2 N–H and O–H groups in total. The lowest BCUT2D eigenvalue weighted by Gasteiger charge is -2.18. The van der Waals surface area contributed by atoms with Crippen molar-refractivity contribution >= 4 is 27.7 Å². The molecule has 2 aromatic carbocycles. The molecule has 0 spiro atoms. The van der Waals surface area contributed by atoms with Crippen molar-refractivity contribution < 1.29 is 9.53 Å². The highest BCUT2D eigenvalue weighted by atomic mass is 16.6. The molecule has 138 valence electrons. The molecule has 0 aliphatic carbocycles. The number of aromatic amines is 1. The molecule has 0 saturated carbocycles. The van der Waals surface area contributed by atoms with E-state index in [4.69, 9.17) is 4.74 Å². The number of para-hydroxylation sites is 2. The molecular formula is C23H19N3O2. The van der Waals surface area contributed by atoms with Crippen LogP contribution in [0.2, 0.25) is 0 Å². The minimum absolute atomic E-state index is 0.0490. The largest absolute Gasteiger partial charge is 0.361 e. The first-order chi connectivity index (χ1) is 13.8. The maximum atomic E-state index is 13.0. The Labute approximate surface area is 161 Å². The number of nitrogens with one attached hydrogen (secondary N) is 2. The van der Waals surface area contributed by atoms with Gasteiger partial charge in [-0.05, 0) is 30.0 Å². The molecule has 5 nitrogen and oxygen atoms in total. The quantitative estimate of drug-likeness (QED) is 0.531. The SMILES string of the molecule is O=C1NC2OC2(c2cn3c4c(cccc24)CCC3)C1c1c[nH]c2ccccc12. The topological polar surface area (TPSA) is 62.4 Å². The summed E-state index contributed by atoms with van der Waals surface area (Å²) in [6, 6.07) is 14.7. The number of amides is 1. The van der Waals surface area contributed by atoms with Gasteiger partial charge in [-0.3, -0.25) is 4.79 Å². The Kier molecular flexibility index (Phi) is 2.59. The molecule has 3 atom stereocenters. The Hall–Kier alpha value is -3.05. The van der Waals surface area contributed by atoms with Gasteiger partial charge in [0.2, 0.25) is 5.91 Å². The van der Waals surface area contributed by atoms with Crippen molar-refractivity contribution in [2.24, 2.45) is 0 Å². The fourth-order valence-corrected chi connectivity index (χ4v) is 5.56. The summed E-state index contributed by atoms with van der Waals surface area (Å²) in [6.45, 7) is 1.02. The molecular weight excluding hydrogens is 350 g/mol. The van der Waals surface area contributed by atoms with Crippen molar-refractivity contribution in [2.45, 2.75) is 37.1 Å². The monoisotopic (exact) mass is 369 g/mol. The van der Waals surface area contributed by atoms with Crippen LogP contribution in [0.4, 0.5) is 0 Å². The fourth-order valence-electron chi connectivity index (χ4n) is 5.56. The molecule has 7 rings (SSSR count). The van der Waals surface area contributed by atoms with E-state index >= 15 is 0 Å². The van der Waals surface area contributed by atoms with Crippen LogP contribution in [0.15, 0.2) is 54.9 Å². The zero-order chi connectivity index (χ0) is 18.5. The summed E-state index contributed by atoms with van der Waals surface area (Å²) in [4.78, 5) is 16.3. The first-order valence-electron chi connectivity index (χ1n) is 9.93. The van der Waals surface area contributed by atoms with Crippen molar-refractivity contribution in [3.63, 3.8) is 0 Å². The number of ether oxygens (including phenoxy) is 1. The van der Waals surface area contributed by atoms with E-state index in [9.17, 15) is 4.79 Å². The molecule has 1 amide bonds. The van der Waals surface area contributed by atoms with E-state index in [2.05, 4.69) is 45.3 Å². The van der Waals surface area contributed by atoms with Crippen LogP contribution in [-0.4, -0.2) is 21.7 Å². The second-order valence-electron chi connectivity index (χ2n) is 8.18. The van der Waals surface area contributed by atoms with E-state index in [-0.39, 0.29) is 18.1 Å². The molecule has 2 saturated heterocycles. The molecule has 3 aliphatic heterocycles. The van der Waals surface area contributed by atoms with Gasteiger partial charge in [0.05, 0.1) is 5.52 Å². The van der Waals surface area contributed by atoms with Gasteiger partial charge in [0.15, 0.2) is 11.8 Å². The van der Waals surface area contributed by atoms with Crippen LogP contribution in [0.25, 0.3) is 21.8 Å². The first-order valence-corrected chi connectivity index (χ1v) is 9.93.